The molecule has 0 amide bonds. The zero-order valence-electron chi connectivity index (χ0n) is 9.86. The lowest BCUT2D eigenvalue weighted by atomic mass is 9.98. The van der Waals surface area contributed by atoms with Gasteiger partial charge in [-0.1, -0.05) is 19.1 Å². The SMILES string of the molecule is CCC(=O)c1cccc(OCC=O)c1C(C)=O. The molecule has 0 aliphatic rings. The van der Waals surface area contributed by atoms with Gasteiger partial charge in [0.15, 0.2) is 17.9 Å². The molecular formula is C13H14O4. The molecule has 0 heterocycles. The second kappa shape index (κ2) is 5.94. The van der Waals surface area contributed by atoms with Gasteiger partial charge >= 0.3 is 0 Å². The first-order valence-electron chi connectivity index (χ1n) is 5.35. The van der Waals surface area contributed by atoms with Crippen molar-refractivity contribution in [3.05, 3.63) is 29.3 Å². The Morgan fingerprint density at radius 2 is 2.06 bits per heavy atom. The van der Waals surface area contributed by atoms with Gasteiger partial charge in [0, 0.05) is 12.0 Å². The van der Waals surface area contributed by atoms with E-state index in [1.165, 1.54) is 6.92 Å². The molecule has 17 heavy (non-hydrogen) atoms. The van der Waals surface area contributed by atoms with E-state index in [2.05, 4.69) is 0 Å². The Hall–Kier alpha value is -1.97. The van der Waals surface area contributed by atoms with Gasteiger partial charge in [-0.25, -0.2) is 0 Å². The lowest BCUT2D eigenvalue weighted by Gasteiger charge is -2.11. The molecule has 0 aliphatic carbocycles. The monoisotopic (exact) mass is 234 g/mol. The third-order valence-electron chi connectivity index (χ3n) is 2.31. The summed E-state index contributed by atoms with van der Waals surface area (Å²) in [5.41, 5.74) is 0.601. The van der Waals surface area contributed by atoms with Crippen molar-refractivity contribution < 1.29 is 19.1 Å². The summed E-state index contributed by atoms with van der Waals surface area (Å²) in [5.74, 6) is -0.0843. The van der Waals surface area contributed by atoms with Gasteiger partial charge < -0.3 is 4.74 Å². The van der Waals surface area contributed by atoms with E-state index >= 15 is 0 Å². The molecule has 0 aromatic heterocycles. The Bertz CT molecular complexity index is 449. The predicted molar refractivity (Wildman–Crippen MR) is 62.6 cm³/mol. The summed E-state index contributed by atoms with van der Waals surface area (Å²) in [6.07, 6.45) is 0.912. The number of carbonyl (C=O) groups excluding carboxylic acids is 3. The lowest BCUT2D eigenvalue weighted by molar-refractivity contribution is -0.109. The second-order valence-corrected chi connectivity index (χ2v) is 3.49. The van der Waals surface area contributed by atoms with Crippen LogP contribution >= 0.6 is 0 Å². The smallest absolute Gasteiger partial charge is 0.164 e. The van der Waals surface area contributed by atoms with Crippen LogP contribution in [0.2, 0.25) is 0 Å². The highest BCUT2D eigenvalue weighted by Gasteiger charge is 2.17. The summed E-state index contributed by atoms with van der Waals surface area (Å²) >= 11 is 0. The average molecular weight is 234 g/mol. The molecule has 0 atom stereocenters. The molecule has 0 unspecified atom stereocenters. The number of carbonyl (C=O) groups is 3. The fourth-order valence-corrected chi connectivity index (χ4v) is 1.56. The highest BCUT2D eigenvalue weighted by Crippen LogP contribution is 2.24. The van der Waals surface area contributed by atoms with Gasteiger partial charge in [-0.15, -0.1) is 0 Å². The highest BCUT2D eigenvalue weighted by molar-refractivity contribution is 6.09. The van der Waals surface area contributed by atoms with Crippen LogP contribution < -0.4 is 4.74 Å². The van der Waals surface area contributed by atoms with Gasteiger partial charge in [0.2, 0.25) is 0 Å². The highest BCUT2D eigenvalue weighted by atomic mass is 16.5. The summed E-state index contributed by atoms with van der Waals surface area (Å²) in [5, 5.41) is 0. The molecule has 4 heteroatoms. The minimum absolute atomic E-state index is 0.119. The number of hydrogen-bond acceptors (Lipinski definition) is 4. The molecule has 0 N–H and O–H groups in total. The van der Waals surface area contributed by atoms with Crippen LogP contribution in [0.25, 0.3) is 0 Å². The number of hydrogen-bond donors (Lipinski definition) is 0. The van der Waals surface area contributed by atoms with Crippen molar-refractivity contribution in [2.45, 2.75) is 20.3 Å². The van der Waals surface area contributed by atoms with Gasteiger partial charge in [0.05, 0.1) is 5.56 Å². The molecule has 0 bridgehead atoms. The number of ketones is 2. The van der Waals surface area contributed by atoms with E-state index in [1.54, 1.807) is 25.1 Å². The fourth-order valence-electron chi connectivity index (χ4n) is 1.56. The van der Waals surface area contributed by atoms with Crippen LogP contribution in [-0.4, -0.2) is 24.5 Å². The molecular weight excluding hydrogens is 220 g/mol. The third-order valence-corrected chi connectivity index (χ3v) is 2.31. The Balaban J connectivity index is 3.26. The van der Waals surface area contributed by atoms with E-state index in [0.717, 1.165) is 0 Å². The summed E-state index contributed by atoms with van der Waals surface area (Å²) in [4.78, 5) is 33.5. The Labute approximate surface area is 99.6 Å². The van der Waals surface area contributed by atoms with E-state index in [9.17, 15) is 14.4 Å². The van der Waals surface area contributed by atoms with Crippen molar-refractivity contribution in [3.63, 3.8) is 0 Å². The first kappa shape index (κ1) is 13.1. The Morgan fingerprint density at radius 3 is 2.59 bits per heavy atom. The van der Waals surface area contributed by atoms with Gasteiger partial charge in [0.25, 0.3) is 0 Å². The standard InChI is InChI=1S/C13H14O4/c1-3-11(16)10-5-4-6-12(17-8-7-14)13(10)9(2)15/h4-7H,3,8H2,1-2H3. The van der Waals surface area contributed by atoms with Gasteiger partial charge in [-0.05, 0) is 13.0 Å². The van der Waals surface area contributed by atoms with Gasteiger partial charge in [0.1, 0.15) is 12.4 Å². The molecule has 1 rings (SSSR count). The number of ether oxygens (including phenoxy) is 1. The molecule has 4 nitrogen and oxygen atoms in total. The summed E-state index contributed by atoms with van der Waals surface area (Å²) < 4.78 is 5.14. The van der Waals surface area contributed by atoms with E-state index in [0.29, 0.717) is 18.3 Å². The van der Waals surface area contributed by atoms with E-state index < -0.39 is 0 Å². The summed E-state index contributed by atoms with van der Waals surface area (Å²) in [6, 6.07) is 4.80. The maximum Gasteiger partial charge on any atom is 0.164 e. The number of rotatable bonds is 6. The molecule has 0 aliphatic heterocycles. The van der Waals surface area contributed by atoms with Crippen molar-refractivity contribution in [3.8, 4) is 5.75 Å². The fraction of sp³-hybridized carbons (Fsp3) is 0.308. The maximum absolute atomic E-state index is 11.7. The first-order chi connectivity index (χ1) is 8.11. The van der Waals surface area contributed by atoms with Crippen LogP contribution in [0.5, 0.6) is 5.75 Å². The minimum atomic E-state index is -0.247. The normalized spacial score (nSPS) is 9.76. The van der Waals surface area contributed by atoms with Gasteiger partial charge in [-0.3, -0.25) is 14.4 Å². The molecule has 1 aromatic rings. The number of aldehydes is 1. The quantitative estimate of drug-likeness (QED) is 0.558. The molecule has 90 valence electrons. The minimum Gasteiger partial charge on any atom is -0.485 e. The van der Waals surface area contributed by atoms with Crippen molar-refractivity contribution >= 4 is 17.9 Å². The van der Waals surface area contributed by atoms with Crippen LogP contribution in [0.15, 0.2) is 18.2 Å². The topological polar surface area (TPSA) is 60.4 Å². The van der Waals surface area contributed by atoms with Crippen LogP contribution in [0, 0.1) is 0 Å². The molecule has 0 spiro atoms. The number of benzene rings is 1. The first-order valence-corrected chi connectivity index (χ1v) is 5.35. The van der Waals surface area contributed by atoms with Crippen LogP contribution in [0.4, 0.5) is 0 Å². The van der Waals surface area contributed by atoms with Crippen LogP contribution in [-0.2, 0) is 4.79 Å². The molecule has 1 aromatic carbocycles. The van der Waals surface area contributed by atoms with E-state index in [-0.39, 0.29) is 29.5 Å². The largest absolute Gasteiger partial charge is 0.485 e. The van der Waals surface area contributed by atoms with Crippen molar-refractivity contribution in [2.75, 3.05) is 6.61 Å². The lowest BCUT2D eigenvalue weighted by Crippen LogP contribution is -2.10. The molecule has 0 radical (unpaired) electrons. The second-order valence-electron chi connectivity index (χ2n) is 3.49. The average Bonchev–Trinajstić information content (AvgIpc) is 2.34. The summed E-state index contributed by atoms with van der Waals surface area (Å²) in [7, 11) is 0. The van der Waals surface area contributed by atoms with E-state index in [1.807, 2.05) is 0 Å². The molecule has 0 saturated heterocycles. The molecule has 0 saturated carbocycles. The van der Waals surface area contributed by atoms with Crippen molar-refractivity contribution in [2.24, 2.45) is 0 Å². The third kappa shape index (κ3) is 3.00. The van der Waals surface area contributed by atoms with Crippen LogP contribution in [0.3, 0.4) is 0 Å². The van der Waals surface area contributed by atoms with Crippen LogP contribution in [0.1, 0.15) is 41.0 Å². The Kier molecular flexibility index (Phi) is 4.57. The number of Topliss-reactive ketones (excluding diaryl/α,β-unsaturated/α-hetero) is 2. The van der Waals surface area contributed by atoms with Gasteiger partial charge in [-0.2, -0.15) is 0 Å². The van der Waals surface area contributed by atoms with Crippen molar-refractivity contribution in [1.82, 2.24) is 0 Å². The zero-order chi connectivity index (χ0) is 12.8. The molecule has 0 fully saturated rings. The van der Waals surface area contributed by atoms with Crippen molar-refractivity contribution in [1.29, 1.82) is 0 Å². The Morgan fingerprint density at radius 1 is 1.35 bits per heavy atom. The predicted octanol–water partition coefficient (Wildman–Crippen LogP) is 2.06. The maximum atomic E-state index is 11.7. The van der Waals surface area contributed by atoms with E-state index in [4.69, 9.17) is 4.74 Å². The zero-order valence-corrected chi connectivity index (χ0v) is 9.86. The summed E-state index contributed by atoms with van der Waals surface area (Å²) in [6.45, 7) is 2.96.